The predicted octanol–water partition coefficient (Wildman–Crippen LogP) is 4.03. The van der Waals surface area contributed by atoms with Crippen LogP contribution in [0.2, 0.25) is 0 Å². The Morgan fingerprint density at radius 1 is 1.00 bits per heavy atom. The Balaban J connectivity index is 1.77. The summed E-state index contributed by atoms with van der Waals surface area (Å²) in [5, 5.41) is 5.77. The van der Waals surface area contributed by atoms with E-state index in [1.54, 1.807) is 6.07 Å². The van der Waals surface area contributed by atoms with E-state index in [0.29, 0.717) is 25.1 Å². The molecule has 2 amide bonds. The van der Waals surface area contributed by atoms with Crippen molar-refractivity contribution in [3.8, 4) is 0 Å². The second kappa shape index (κ2) is 11.4. The summed E-state index contributed by atoms with van der Waals surface area (Å²) in [6, 6.07) is 16.8. The number of aryl methyl sites for hydroxylation is 1. The molecule has 0 heterocycles. The third-order valence-electron chi connectivity index (χ3n) is 4.77. The van der Waals surface area contributed by atoms with E-state index >= 15 is 0 Å². The molecule has 0 saturated carbocycles. The van der Waals surface area contributed by atoms with Crippen LogP contribution in [0.5, 0.6) is 0 Å². The van der Waals surface area contributed by atoms with Gasteiger partial charge in [0.25, 0.3) is 5.91 Å². The minimum Gasteiger partial charge on any atom is -0.374 e. The van der Waals surface area contributed by atoms with Crippen LogP contribution in [0, 0.1) is 12.8 Å². The molecule has 2 aromatic rings. The number of rotatable bonds is 10. The monoisotopic (exact) mass is 396 g/mol. The van der Waals surface area contributed by atoms with Gasteiger partial charge in [-0.25, -0.2) is 0 Å². The Labute approximate surface area is 173 Å². The van der Waals surface area contributed by atoms with Crippen LogP contribution in [0.4, 0.5) is 0 Å². The molecular weight excluding hydrogens is 364 g/mol. The third-order valence-corrected chi connectivity index (χ3v) is 4.77. The molecule has 2 rings (SSSR count). The molecule has 0 fully saturated rings. The zero-order valence-corrected chi connectivity index (χ0v) is 17.8. The number of amides is 2. The highest BCUT2D eigenvalue weighted by Gasteiger charge is 2.24. The summed E-state index contributed by atoms with van der Waals surface area (Å²) in [6.45, 7) is 8.85. The van der Waals surface area contributed by atoms with Crippen molar-refractivity contribution in [1.29, 1.82) is 0 Å². The van der Waals surface area contributed by atoms with Crippen LogP contribution >= 0.6 is 0 Å². The highest BCUT2D eigenvalue weighted by Crippen LogP contribution is 2.15. The molecular formula is C24H32N2O3. The van der Waals surface area contributed by atoms with E-state index in [-0.39, 0.29) is 23.8 Å². The molecule has 2 aromatic carbocycles. The molecule has 0 radical (unpaired) electrons. The molecule has 0 spiro atoms. The van der Waals surface area contributed by atoms with E-state index in [4.69, 9.17) is 4.74 Å². The fraction of sp³-hybridized carbons (Fsp3) is 0.417. The van der Waals surface area contributed by atoms with Gasteiger partial charge in [-0.05, 0) is 43.9 Å². The van der Waals surface area contributed by atoms with E-state index < -0.39 is 6.04 Å². The quantitative estimate of drug-likeness (QED) is 0.596. The van der Waals surface area contributed by atoms with Crippen molar-refractivity contribution in [3.63, 3.8) is 0 Å². The topological polar surface area (TPSA) is 67.4 Å². The first-order valence-electron chi connectivity index (χ1n) is 10.2. The van der Waals surface area contributed by atoms with Crippen LogP contribution in [0.3, 0.4) is 0 Å². The van der Waals surface area contributed by atoms with Crippen LogP contribution in [0.25, 0.3) is 0 Å². The van der Waals surface area contributed by atoms with Gasteiger partial charge in [0.2, 0.25) is 5.91 Å². The molecule has 0 aliphatic carbocycles. The van der Waals surface area contributed by atoms with Crippen molar-refractivity contribution >= 4 is 11.8 Å². The van der Waals surface area contributed by atoms with E-state index in [1.807, 2.05) is 76.2 Å². The smallest absolute Gasteiger partial charge is 0.251 e. The maximum atomic E-state index is 12.6. The Hall–Kier alpha value is -2.66. The number of nitrogens with one attached hydrogen (secondary N) is 2. The van der Waals surface area contributed by atoms with Crippen LogP contribution in [0.1, 0.15) is 54.8 Å². The van der Waals surface area contributed by atoms with Crippen molar-refractivity contribution in [2.24, 2.45) is 5.92 Å². The van der Waals surface area contributed by atoms with E-state index in [0.717, 1.165) is 11.1 Å². The minimum absolute atomic E-state index is 0.0156. The molecule has 0 aromatic heterocycles. The highest BCUT2D eigenvalue weighted by atomic mass is 16.5. The molecule has 0 bridgehead atoms. The SMILES string of the molecule is Cc1cccc(C(=O)NC(C(=O)NCCCOC(C)c2ccccc2)C(C)C)c1. The summed E-state index contributed by atoms with van der Waals surface area (Å²) in [5.41, 5.74) is 2.70. The minimum atomic E-state index is -0.577. The van der Waals surface area contributed by atoms with Gasteiger partial charge in [-0.3, -0.25) is 9.59 Å². The molecule has 0 aliphatic rings. The zero-order chi connectivity index (χ0) is 21.2. The number of benzene rings is 2. The Kier molecular flexibility index (Phi) is 8.87. The van der Waals surface area contributed by atoms with Crippen molar-refractivity contribution in [2.45, 2.75) is 46.3 Å². The summed E-state index contributed by atoms with van der Waals surface area (Å²) in [5.74, 6) is -0.419. The van der Waals surface area contributed by atoms with Crippen molar-refractivity contribution in [3.05, 3.63) is 71.3 Å². The maximum Gasteiger partial charge on any atom is 0.251 e. The fourth-order valence-electron chi connectivity index (χ4n) is 3.02. The second-order valence-corrected chi connectivity index (χ2v) is 7.63. The van der Waals surface area contributed by atoms with Gasteiger partial charge < -0.3 is 15.4 Å². The molecule has 156 valence electrons. The van der Waals surface area contributed by atoms with E-state index in [1.165, 1.54) is 0 Å². The average molecular weight is 397 g/mol. The fourth-order valence-corrected chi connectivity index (χ4v) is 3.02. The van der Waals surface area contributed by atoms with Gasteiger partial charge in [0.15, 0.2) is 0 Å². The summed E-state index contributed by atoms with van der Waals surface area (Å²) in [7, 11) is 0. The summed E-state index contributed by atoms with van der Waals surface area (Å²) >= 11 is 0. The van der Waals surface area contributed by atoms with Crippen LogP contribution in [-0.2, 0) is 9.53 Å². The highest BCUT2D eigenvalue weighted by molar-refractivity contribution is 5.97. The third kappa shape index (κ3) is 7.35. The van der Waals surface area contributed by atoms with Gasteiger partial charge in [-0.15, -0.1) is 0 Å². The summed E-state index contributed by atoms with van der Waals surface area (Å²) in [4.78, 5) is 25.1. The zero-order valence-electron chi connectivity index (χ0n) is 17.8. The van der Waals surface area contributed by atoms with Gasteiger partial charge in [0.05, 0.1) is 6.10 Å². The lowest BCUT2D eigenvalue weighted by Gasteiger charge is -2.22. The van der Waals surface area contributed by atoms with Crippen molar-refractivity contribution < 1.29 is 14.3 Å². The first-order chi connectivity index (χ1) is 13.9. The summed E-state index contributed by atoms with van der Waals surface area (Å²) < 4.78 is 5.83. The second-order valence-electron chi connectivity index (χ2n) is 7.63. The molecule has 2 atom stereocenters. The number of carbonyl (C=O) groups excluding carboxylic acids is 2. The molecule has 5 nitrogen and oxygen atoms in total. The van der Waals surface area contributed by atoms with E-state index in [9.17, 15) is 9.59 Å². The van der Waals surface area contributed by atoms with Crippen molar-refractivity contribution in [2.75, 3.05) is 13.2 Å². The number of hydrogen-bond acceptors (Lipinski definition) is 3. The number of hydrogen-bond donors (Lipinski definition) is 2. The molecule has 29 heavy (non-hydrogen) atoms. The lowest BCUT2D eigenvalue weighted by molar-refractivity contribution is -0.124. The molecule has 0 saturated heterocycles. The first kappa shape index (κ1) is 22.6. The first-order valence-corrected chi connectivity index (χ1v) is 10.2. The van der Waals surface area contributed by atoms with Crippen LogP contribution in [0.15, 0.2) is 54.6 Å². The van der Waals surface area contributed by atoms with Gasteiger partial charge in [0, 0.05) is 18.7 Å². The van der Waals surface area contributed by atoms with Gasteiger partial charge >= 0.3 is 0 Å². The standard InChI is InChI=1S/C24H32N2O3/c1-17(2)22(26-23(27)21-13-8-10-18(3)16-21)24(28)25-14-9-15-29-19(4)20-11-6-5-7-12-20/h5-8,10-13,16-17,19,22H,9,14-15H2,1-4H3,(H,25,28)(H,26,27). The lowest BCUT2D eigenvalue weighted by Crippen LogP contribution is -2.50. The largest absolute Gasteiger partial charge is 0.374 e. The number of carbonyl (C=O) groups is 2. The van der Waals surface area contributed by atoms with Gasteiger partial charge in [-0.1, -0.05) is 61.9 Å². The average Bonchev–Trinajstić information content (AvgIpc) is 2.71. The number of ether oxygens (including phenoxy) is 1. The van der Waals surface area contributed by atoms with Gasteiger partial charge in [0.1, 0.15) is 6.04 Å². The molecule has 2 N–H and O–H groups in total. The molecule has 2 unspecified atom stereocenters. The van der Waals surface area contributed by atoms with Gasteiger partial charge in [-0.2, -0.15) is 0 Å². The molecule has 5 heteroatoms. The normalized spacial score (nSPS) is 13.0. The van der Waals surface area contributed by atoms with E-state index in [2.05, 4.69) is 10.6 Å². The van der Waals surface area contributed by atoms with Crippen LogP contribution < -0.4 is 10.6 Å². The lowest BCUT2D eigenvalue weighted by atomic mass is 10.0. The Morgan fingerprint density at radius 2 is 1.72 bits per heavy atom. The van der Waals surface area contributed by atoms with Crippen molar-refractivity contribution in [1.82, 2.24) is 10.6 Å². The Bertz CT molecular complexity index is 790. The Morgan fingerprint density at radius 3 is 2.38 bits per heavy atom. The predicted molar refractivity (Wildman–Crippen MR) is 116 cm³/mol. The maximum absolute atomic E-state index is 12.6. The van der Waals surface area contributed by atoms with Crippen LogP contribution in [-0.4, -0.2) is 31.0 Å². The summed E-state index contributed by atoms with van der Waals surface area (Å²) in [6.07, 6.45) is 0.725. The molecule has 0 aliphatic heterocycles.